The average Bonchev–Trinajstić information content (AvgIpc) is 3.11. The van der Waals surface area contributed by atoms with Crippen molar-refractivity contribution in [2.75, 3.05) is 6.61 Å². The van der Waals surface area contributed by atoms with Gasteiger partial charge in [-0.1, -0.05) is 41.4 Å². The van der Waals surface area contributed by atoms with Crippen molar-refractivity contribution in [2.24, 2.45) is 0 Å². The van der Waals surface area contributed by atoms with Gasteiger partial charge in [0.05, 0.1) is 11.6 Å². The van der Waals surface area contributed by atoms with Crippen molar-refractivity contribution in [3.63, 3.8) is 0 Å². The minimum Gasteiger partial charge on any atom is -0.489 e. The van der Waals surface area contributed by atoms with Crippen LogP contribution in [0, 0.1) is 0 Å². The van der Waals surface area contributed by atoms with E-state index in [9.17, 15) is 4.79 Å². The molecular weight excluding hydrogens is 405 g/mol. The van der Waals surface area contributed by atoms with Gasteiger partial charge in [0.1, 0.15) is 12.4 Å². The number of hydrogen-bond acceptors (Lipinski definition) is 5. The Bertz CT molecular complexity index is 942. The van der Waals surface area contributed by atoms with Gasteiger partial charge in [-0.05, 0) is 31.2 Å². The molecule has 140 valence electrons. The third-order valence-electron chi connectivity index (χ3n) is 3.74. The van der Waals surface area contributed by atoms with Crippen molar-refractivity contribution >= 4 is 40.5 Å². The zero-order chi connectivity index (χ0) is 19.2. The molecule has 3 aromatic rings. The lowest BCUT2D eigenvalue weighted by Crippen LogP contribution is -2.05. The van der Waals surface area contributed by atoms with Crippen molar-refractivity contribution in [3.05, 3.63) is 79.7 Å². The Hall–Kier alpha value is -2.08. The molecule has 0 N–H and O–H groups in total. The summed E-state index contributed by atoms with van der Waals surface area (Å²) in [5.41, 5.74) is 2.11. The highest BCUT2D eigenvalue weighted by molar-refractivity contribution is 7.09. The van der Waals surface area contributed by atoms with Gasteiger partial charge in [-0.15, -0.1) is 11.3 Å². The summed E-state index contributed by atoms with van der Waals surface area (Å²) in [6, 6.07) is 13.0. The molecule has 4 nitrogen and oxygen atoms in total. The minimum atomic E-state index is -0.415. The Morgan fingerprint density at radius 2 is 1.96 bits per heavy atom. The number of benzene rings is 2. The Kier molecular flexibility index (Phi) is 6.72. The van der Waals surface area contributed by atoms with Gasteiger partial charge >= 0.3 is 5.97 Å². The summed E-state index contributed by atoms with van der Waals surface area (Å²) in [6.45, 7) is 2.43. The third-order valence-corrected chi connectivity index (χ3v) is 5.19. The number of nitrogens with zero attached hydrogens (tertiary/aromatic N) is 1. The van der Waals surface area contributed by atoms with Gasteiger partial charge in [0.25, 0.3) is 0 Å². The van der Waals surface area contributed by atoms with E-state index in [0.29, 0.717) is 41.1 Å². The molecule has 0 bridgehead atoms. The number of rotatable bonds is 7. The van der Waals surface area contributed by atoms with E-state index in [1.54, 1.807) is 18.4 Å². The van der Waals surface area contributed by atoms with Crippen molar-refractivity contribution in [1.82, 2.24) is 4.98 Å². The van der Waals surface area contributed by atoms with Gasteiger partial charge in [-0.25, -0.2) is 9.78 Å². The first-order valence-corrected chi connectivity index (χ1v) is 9.96. The minimum absolute atomic E-state index is 0.317. The molecule has 0 saturated carbocycles. The van der Waals surface area contributed by atoms with Crippen LogP contribution in [0.5, 0.6) is 5.75 Å². The molecule has 7 heteroatoms. The Labute approximate surface area is 171 Å². The Morgan fingerprint density at radius 1 is 1.15 bits per heavy atom. The molecule has 0 aliphatic heterocycles. The normalized spacial score (nSPS) is 10.6. The predicted octanol–water partition coefficient (Wildman–Crippen LogP) is 5.80. The van der Waals surface area contributed by atoms with Gasteiger partial charge in [-0.3, -0.25) is 0 Å². The van der Waals surface area contributed by atoms with E-state index in [1.807, 2.05) is 36.4 Å². The van der Waals surface area contributed by atoms with Crippen LogP contribution < -0.4 is 4.74 Å². The van der Waals surface area contributed by atoms with Crippen LogP contribution in [0.1, 0.15) is 33.5 Å². The van der Waals surface area contributed by atoms with Crippen molar-refractivity contribution in [3.8, 4) is 5.75 Å². The van der Waals surface area contributed by atoms with E-state index in [-0.39, 0.29) is 0 Å². The van der Waals surface area contributed by atoms with E-state index in [1.165, 1.54) is 11.3 Å². The number of carbonyl (C=O) groups excluding carboxylic acids is 1. The molecule has 0 saturated heterocycles. The standard InChI is InChI=1S/C20H17Cl2NO3S/c1-2-25-20(24)17-12-27-19(23-17)10-14-9-15(21)7-8-18(14)26-11-13-5-3-4-6-16(13)22/h3-9,12H,2,10-11H2,1H3. The first-order chi connectivity index (χ1) is 13.1. The second kappa shape index (κ2) is 9.22. The summed E-state index contributed by atoms with van der Waals surface area (Å²) in [4.78, 5) is 16.1. The number of aromatic nitrogens is 1. The van der Waals surface area contributed by atoms with Crippen LogP contribution in [0.4, 0.5) is 0 Å². The summed E-state index contributed by atoms with van der Waals surface area (Å²) in [7, 11) is 0. The third kappa shape index (κ3) is 5.22. The van der Waals surface area contributed by atoms with E-state index in [0.717, 1.165) is 16.1 Å². The zero-order valence-corrected chi connectivity index (χ0v) is 16.9. The van der Waals surface area contributed by atoms with Gasteiger partial charge in [0, 0.05) is 33.0 Å². The maximum Gasteiger partial charge on any atom is 0.357 e. The SMILES string of the molecule is CCOC(=O)c1csc(Cc2cc(Cl)ccc2OCc2ccccc2Cl)n1. The summed E-state index contributed by atoms with van der Waals surface area (Å²) < 4.78 is 10.9. The van der Waals surface area contributed by atoms with Gasteiger partial charge in [-0.2, -0.15) is 0 Å². The molecule has 0 aliphatic carbocycles. The van der Waals surface area contributed by atoms with E-state index >= 15 is 0 Å². The average molecular weight is 422 g/mol. The highest BCUT2D eigenvalue weighted by atomic mass is 35.5. The number of hydrogen-bond donors (Lipinski definition) is 0. The van der Waals surface area contributed by atoms with Crippen LogP contribution in [0.3, 0.4) is 0 Å². The van der Waals surface area contributed by atoms with E-state index in [2.05, 4.69) is 4.98 Å². The number of halogens is 2. The Balaban J connectivity index is 1.76. The van der Waals surface area contributed by atoms with Crippen LogP contribution in [-0.2, 0) is 17.8 Å². The van der Waals surface area contributed by atoms with Gasteiger partial charge in [0.15, 0.2) is 5.69 Å². The van der Waals surface area contributed by atoms with Crippen molar-refractivity contribution < 1.29 is 14.3 Å². The molecule has 2 aromatic carbocycles. The topological polar surface area (TPSA) is 48.4 Å². The van der Waals surface area contributed by atoms with E-state index in [4.69, 9.17) is 32.7 Å². The largest absolute Gasteiger partial charge is 0.489 e. The number of esters is 1. The molecule has 0 amide bonds. The Morgan fingerprint density at radius 3 is 2.74 bits per heavy atom. The van der Waals surface area contributed by atoms with Crippen LogP contribution in [-0.4, -0.2) is 17.6 Å². The van der Waals surface area contributed by atoms with Crippen molar-refractivity contribution in [2.45, 2.75) is 20.0 Å². The summed E-state index contributed by atoms with van der Waals surface area (Å²) in [5, 5.41) is 3.74. The van der Waals surface area contributed by atoms with Gasteiger partial charge in [0.2, 0.25) is 0 Å². The maximum atomic E-state index is 11.8. The van der Waals surface area contributed by atoms with Gasteiger partial charge < -0.3 is 9.47 Å². The van der Waals surface area contributed by atoms with E-state index < -0.39 is 5.97 Å². The molecule has 27 heavy (non-hydrogen) atoms. The number of thiazole rings is 1. The molecule has 0 radical (unpaired) electrons. The highest BCUT2D eigenvalue weighted by Crippen LogP contribution is 2.28. The fraction of sp³-hybridized carbons (Fsp3) is 0.200. The lowest BCUT2D eigenvalue weighted by molar-refractivity contribution is 0.0520. The first kappa shape index (κ1) is 19.7. The van der Waals surface area contributed by atoms with Crippen LogP contribution in [0.15, 0.2) is 47.8 Å². The molecular formula is C20H17Cl2NO3S. The van der Waals surface area contributed by atoms with Crippen LogP contribution in [0.2, 0.25) is 10.0 Å². The lowest BCUT2D eigenvalue weighted by atomic mass is 10.1. The summed E-state index contributed by atoms with van der Waals surface area (Å²) >= 11 is 13.7. The second-order valence-corrected chi connectivity index (χ2v) is 7.44. The molecule has 0 unspecified atom stereocenters. The van der Waals surface area contributed by atoms with Crippen molar-refractivity contribution in [1.29, 1.82) is 0 Å². The monoisotopic (exact) mass is 421 g/mol. The molecule has 0 atom stereocenters. The summed E-state index contributed by atoms with van der Waals surface area (Å²) in [6.07, 6.45) is 0.502. The quantitative estimate of drug-likeness (QED) is 0.452. The maximum absolute atomic E-state index is 11.8. The molecule has 0 spiro atoms. The molecule has 0 fully saturated rings. The highest BCUT2D eigenvalue weighted by Gasteiger charge is 2.14. The van der Waals surface area contributed by atoms with Crippen LogP contribution >= 0.6 is 34.5 Å². The van der Waals surface area contributed by atoms with Crippen LogP contribution in [0.25, 0.3) is 0 Å². The lowest BCUT2D eigenvalue weighted by Gasteiger charge is -2.12. The fourth-order valence-electron chi connectivity index (χ4n) is 2.45. The number of ether oxygens (including phenoxy) is 2. The smallest absolute Gasteiger partial charge is 0.357 e. The molecule has 1 heterocycles. The second-order valence-electron chi connectivity index (χ2n) is 5.66. The summed E-state index contributed by atoms with van der Waals surface area (Å²) in [5.74, 6) is 0.286. The number of carbonyl (C=O) groups is 1. The molecule has 1 aromatic heterocycles. The first-order valence-electron chi connectivity index (χ1n) is 8.33. The predicted molar refractivity (Wildman–Crippen MR) is 108 cm³/mol. The zero-order valence-electron chi connectivity index (χ0n) is 14.6. The molecule has 3 rings (SSSR count). The molecule has 0 aliphatic rings. The fourth-order valence-corrected chi connectivity index (χ4v) is 3.62.